The molecule has 122 valence electrons. The predicted molar refractivity (Wildman–Crippen MR) is 85.0 cm³/mol. The second-order valence-electron chi connectivity index (χ2n) is 6.07. The average molecular weight is 306 g/mol. The smallest absolute Gasteiger partial charge is 0.282 e. The van der Waals surface area contributed by atoms with E-state index in [4.69, 9.17) is 10.6 Å². The first-order valence-corrected chi connectivity index (χ1v) is 8.12. The van der Waals surface area contributed by atoms with Crippen molar-refractivity contribution in [3.63, 3.8) is 0 Å². The molecule has 0 aliphatic heterocycles. The molecule has 0 aromatic heterocycles. The largest absolute Gasteiger partial charge is 0.381 e. The van der Waals surface area contributed by atoms with E-state index in [-0.39, 0.29) is 0 Å². The van der Waals surface area contributed by atoms with E-state index in [2.05, 4.69) is 5.48 Å². The number of hydrogen-bond acceptors (Lipinski definition) is 4. The van der Waals surface area contributed by atoms with E-state index in [0.29, 0.717) is 18.1 Å². The standard InChI is InChI=1S/C17H26N2O3/c18-15(12-11-13-7-3-1-4-8-13)16(20)17(21)19-22-14-9-5-2-6-10-14/h2,5-6,9-10,13,15-16,20H,1,3-4,7-8,11-12,18H2,(H,19,21)/t15-,16?/m1/s1. The Balaban J connectivity index is 1.69. The molecule has 1 aliphatic carbocycles. The van der Waals surface area contributed by atoms with Crippen LogP contribution in [0, 0.1) is 5.92 Å². The Labute approximate surface area is 131 Å². The molecule has 22 heavy (non-hydrogen) atoms. The second kappa shape index (κ2) is 8.76. The van der Waals surface area contributed by atoms with E-state index < -0.39 is 18.1 Å². The third-order valence-electron chi connectivity index (χ3n) is 4.32. The molecule has 5 heteroatoms. The summed E-state index contributed by atoms with van der Waals surface area (Å²) in [6.45, 7) is 0. The molecule has 0 saturated heterocycles. The van der Waals surface area contributed by atoms with E-state index in [1.807, 2.05) is 6.07 Å². The maximum Gasteiger partial charge on any atom is 0.282 e. The SMILES string of the molecule is N[C@H](CCC1CCCCC1)C(O)C(=O)NOc1ccccc1. The lowest BCUT2D eigenvalue weighted by molar-refractivity contribution is -0.137. The van der Waals surface area contributed by atoms with Crippen molar-refractivity contribution >= 4 is 5.91 Å². The number of aliphatic hydroxyl groups excluding tert-OH is 1. The highest BCUT2D eigenvalue weighted by Crippen LogP contribution is 2.27. The summed E-state index contributed by atoms with van der Waals surface area (Å²) in [7, 11) is 0. The molecule has 1 aromatic rings. The van der Waals surface area contributed by atoms with Gasteiger partial charge in [0.15, 0.2) is 11.9 Å². The average Bonchev–Trinajstić information content (AvgIpc) is 2.58. The highest BCUT2D eigenvalue weighted by Gasteiger charge is 2.24. The molecular weight excluding hydrogens is 280 g/mol. The maximum atomic E-state index is 11.8. The van der Waals surface area contributed by atoms with Crippen molar-refractivity contribution in [1.82, 2.24) is 5.48 Å². The van der Waals surface area contributed by atoms with Gasteiger partial charge in [-0.1, -0.05) is 50.3 Å². The number of benzene rings is 1. The van der Waals surface area contributed by atoms with Crippen molar-refractivity contribution in [1.29, 1.82) is 0 Å². The Morgan fingerprint density at radius 3 is 2.64 bits per heavy atom. The van der Waals surface area contributed by atoms with E-state index in [0.717, 1.165) is 6.42 Å². The highest BCUT2D eigenvalue weighted by molar-refractivity contribution is 5.80. The zero-order chi connectivity index (χ0) is 15.8. The van der Waals surface area contributed by atoms with Crippen molar-refractivity contribution in [3.8, 4) is 5.75 Å². The van der Waals surface area contributed by atoms with Crippen molar-refractivity contribution < 1.29 is 14.7 Å². The zero-order valence-corrected chi connectivity index (χ0v) is 12.9. The number of nitrogens with one attached hydrogen (secondary N) is 1. The lowest BCUT2D eigenvalue weighted by Crippen LogP contribution is -2.47. The van der Waals surface area contributed by atoms with E-state index in [9.17, 15) is 9.90 Å². The summed E-state index contributed by atoms with van der Waals surface area (Å²) in [5.41, 5.74) is 8.19. The Bertz CT molecular complexity index is 446. The Hall–Kier alpha value is -1.59. The van der Waals surface area contributed by atoms with Crippen LogP contribution in [-0.2, 0) is 4.79 Å². The number of carbonyl (C=O) groups excluding carboxylic acids is 1. The number of nitrogens with two attached hydrogens (primary N) is 1. The maximum absolute atomic E-state index is 11.8. The van der Waals surface area contributed by atoms with Gasteiger partial charge in [-0.05, 0) is 30.9 Å². The van der Waals surface area contributed by atoms with Crippen LogP contribution >= 0.6 is 0 Å². The minimum Gasteiger partial charge on any atom is -0.381 e. The van der Waals surface area contributed by atoms with Gasteiger partial charge in [-0.2, -0.15) is 5.48 Å². The van der Waals surface area contributed by atoms with Crippen molar-refractivity contribution in [2.75, 3.05) is 0 Å². The predicted octanol–water partition coefficient (Wildman–Crippen LogP) is 2.15. The molecule has 1 saturated carbocycles. The lowest BCUT2D eigenvalue weighted by Gasteiger charge is -2.24. The van der Waals surface area contributed by atoms with Crippen molar-refractivity contribution in [2.24, 2.45) is 11.7 Å². The minimum atomic E-state index is -1.24. The summed E-state index contributed by atoms with van der Waals surface area (Å²) in [5, 5.41) is 9.98. The molecule has 5 nitrogen and oxygen atoms in total. The quantitative estimate of drug-likeness (QED) is 0.674. The van der Waals surface area contributed by atoms with Crippen molar-refractivity contribution in [3.05, 3.63) is 30.3 Å². The molecule has 1 fully saturated rings. The van der Waals surface area contributed by atoms with Gasteiger partial charge in [-0.25, -0.2) is 0 Å². The van der Waals surface area contributed by atoms with Crippen LogP contribution in [0.1, 0.15) is 44.9 Å². The van der Waals surface area contributed by atoms with Gasteiger partial charge < -0.3 is 15.7 Å². The summed E-state index contributed by atoms with van der Waals surface area (Å²) >= 11 is 0. The Morgan fingerprint density at radius 2 is 1.95 bits per heavy atom. The molecule has 0 heterocycles. The van der Waals surface area contributed by atoms with Gasteiger partial charge in [0.25, 0.3) is 5.91 Å². The number of hydroxylamine groups is 1. The third kappa shape index (κ3) is 5.31. The van der Waals surface area contributed by atoms with Crippen LogP contribution in [0.4, 0.5) is 0 Å². The van der Waals surface area contributed by atoms with Gasteiger partial charge in [-0.15, -0.1) is 0 Å². The van der Waals surface area contributed by atoms with Crippen LogP contribution in [0.5, 0.6) is 5.75 Å². The fourth-order valence-electron chi connectivity index (χ4n) is 2.91. The molecule has 0 radical (unpaired) electrons. The lowest BCUT2D eigenvalue weighted by atomic mass is 9.85. The fourth-order valence-corrected chi connectivity index (χ4v) is 2.91. The van der Waals surface area contributed by atoms with E-state index in [1.165, 1.54) is 32.1 Å². The molecule has 0 spiro atoms. The summed E-state index contributed by atoms with van der Waals surface area (Å²) in [5.74, 6) is 0.606. The Morgan fingerprint density at radius 1 is 1.27 bits per heavy atom. The van der Waals surface area contributed by atoms with Crippen LogP contribution in [0.3, 0.4) is 0 Å². The summed E-state index contributed by atoms with van der Waals surface area (Å²) in [6, 6.07) is 8.33. The van der Waals surface area contributed by atoms with E-state index in [1.54, 1.807) is 24.3 Å². The molecule has 1 aliphatic rings. The summed E-state index contributed by atoms with van der Waals surface area (Å²) in [6.07, 6.45) is 6.77. The molecule has 2 atom stereocenters. The molecule has 1 unspecified atom stereocenters. The Kier molecular flexibility index (Phi) is 6.68. The van der Waals surface area contributed by atoms with Gasteiger partial charge in [-0.3, -0.25) is 4.79 Å². The van der Waals surface area contributed by atoms with Crippen LogP contribution in [0.15, 0.2) is 30.3 Å². The highest BCUT2D eigenvalue weighted by atomic mass is 16.7. The fraction of sp³-hybridized carbons (Fsp3) is 0.588. The molecule has 1 aromatic carbocycles. The van der Waals surface area contributed by atoms with Crippen LogP contribution in [0.2, 0.25) is 0 Å². The zero-order valence-electron chi connectivity index (χ0n) is 12.9. The van der Waals surface area contributed by atoms with E-state index >= 15 is 0 Å². The van der Waals surface area contributed by atoms with Gasteiger partial charge in [0, 0.05) is 6.04 Å². The molecule has 2 rings (SSSR count). The second-order valence-corrected chi connectivity index (χ2v) is 6.07. The number of hydrogen-bond donors (Lipinski definition) is 3. The van der Waals surface area contributed by atoms with Crippen LogP contribution in [0.25, 0.3) is 0 Å². The van der Waals surface area contributed by atoms with Gasteiger partial charge in [0.2, 0.25) is 0 Å². The van der Waals surface area contributed by atoms with Gasteiger partial charge in [0.1, 0.15) is 0 Å². The summed E-state index contributed by atoms with van der Waals surface area (Å²) in [4.78, 5) is 17.0. The number of amides is 1. The van der Waals surface area contributed by atoms with Crippen LogP contribution in [-0.4, -0.2) is 23.2 Å². The van der Waals surface area contributed by atoms with Crippen molar-refractivity contribution in [2.45, 2.75) is 57.1 Å². The normalized spacial score (nSPS) is 18.5. The van der Waals surface area contributed by atoms with Gasteiger partial charge in [0.05, 0.1) is 0 Å². The third-order valence-corrected chi connectivity index (χ3v) is 4.32. The minimum absolute atomic E-state index is 0.513. The number of aliphatic hydroxyl groups is 1. The molecular formula is C17H26N2O3. The first-order chi connectivity index (χ1) is 10.7. The summed E-state index contributed by atoms with van der Waals surface area (Å²) < 4.78 is 0. The number of para-hydroxylation sites is 1. The molecule has 1 amide bonds. The number of carbonyl (C=O) groups is 1. The molecule has 0 bridgehead atoms. The van der Waals surface area contributed by atoms with Gasteiger partial charge >= 0.3 is 0 Å². The van der Waals surface area contributed by atoms with Crippen LogP contribution < -0.4 is 16.1 Å². The monoisotopic (exact) mass is 306 g/mol. The molecule has 4 N–H and O–H groups in total. The number of rotatable bonds is 7. The first kappa shape index (κ1) is 16.8. The topological polar surface area (TPSA) is 84.6 Å². The first-order valence-electron chi connectivity index (χ1n) is 8.12.